The quantitative estimate of drug-likeness (QED) is 0.646. The van der Waals surface area contributed by atoms with Crippen molar-refractivity contribution in [3.63, 3.8) is 0 Å². The molecule has 6 nitrogen and oxygen atoms in total. The van der Waals surface area contributed by atoms with Crippen molar-refractivity contribution in [3.05, 3.63) is 60.4 Å². The van der Waals surface area contributed by atoms with Gasteiger partial charge >= 0.3 is 0 Å². The average molecular weight is 421 g/mol. The number of amides is 1. The minimum Gasteiger partial charge on any atom is -0.494 e. The Labute approximate surface area is 170 Å². The van der Waals surface area contributed by atoms with E-state index >= 15 is 0 Å². The van der Waals surface area contributed by atoms with E-state index in [0.29, 0.717) is 45.5 Å². The number of carbonyl (C=O) groups excluding carboxylic acids is 1. The Morgan fingerprint density at radius 2 is 1.69 bits per heavy atom. The first kappa shape index (κ1) is 21.3. The third-order valence-electron chi connectivity index (χ3n) is 4.81. The molecule has 0 aliphatic carbocycles. The highest BCUT2D eigenvalue weighted by Crippen LogP contribution is 2.18. The number of sulfonamides is 1. The summed E-state index contributed by atoms with van der Waals surface area (Å²) in [4.78, 5) is 14.3. The van der Waals surface area contributed by atoms with Crippen LogP contribution in [0.25, 0.3) is 0 Å². The monoisotopic (exact) mass is 420 g/mol. The lowest BCUT2D eigenvalue weighted by Crippen LogP contribution is -2.37. The number of nitrogens with zero attached hydrogens (tertiary/aromatic N) is 2. The molecule has 2 aromatic carbocycles. The van der Waals surface area contributed by atoms with Gasteiger partial charge in [0, 0.05) is 32.6 Å². The van der Waals surface area contributed by atoms with E-state index in [1.165, 1.54) is 16.4 Å². The van der Waals surface area contributed by atoms with Gasteiger partial charge in [0.25, 0.3) is 0 Å². The summed E-state index contributed by atoms with van der Waals surface area (Å²) in [5, 5.41) is 0. The first-order valence-electron chi connectivity index (χ1n) is 9.68. The van der Waals surface area contributed by atoms with Gasteiger partial charge in [0.05, 0.1) is 11.5 Å². The van der Waals surface area contributed by atoms with Crippen LogP contribution in [-0.2, 0) is 14.8 Å². The second-order valence-electron chi connectivity index (χ2n) is 6.86. The molecule has 0 atom stereocenters. The maximum atomic E-state index is 13.1. The molecule has 1 fully saturated rings. The Morgan fingerprint density at radius 3 is 2.41 bits per heavy atom. The predicted octanol–water partition coefficient (Wildman–Crippen LogP) is 2.91. The molecule has 0 spiro atoms. The molecule has 3 rings (SSSR count). The van der Waals surface area contributed by atoms with E-state index in [2.05, 4.69) is 0 Å². The molecule has 2 aromatic rings. The highest BCUT2D eigenvalue weighted by atomic mass is 32.2. The van der Waals surface area contributed by atoms with Crippen molar-refractivity contribution >= 4 is 15.9 Å². The van der Waals surface area contributed by atoms with E-state index in [4.69, 9.17) is 4.74 Å². The molecule has 0 saturated carbocycles. The highest BCUT2D eigenvalue weighted by Gasteiger charge is 2.28. The third kappa shape index (κ3) is 5.77. The summed E-state index contributed by atoms with van der Waals surface area (Å²) in [6.45, 7) is 1.88. The molecule has 0 aromatic heterocycles. The first-order chi connectivity index (χ1) is 14.0. The third-order valence-corrected chi connectivity index (χ3v) is 6.72. The molecule has 29 heavy (non-hydrogen) atoms. The number of hydrogen-bond acceptors (Lipinski definition) is 4. The number of carbonyl (C=O) groups is 1. The number of ether oxygens (including phenoxy) is 1. The normalized spacial score (nSPS) is 15.7. The van der Waals surface area contributed by atoms with E-state index < -0.39 is 15.8 Å². The van der Waals surface area contributed by atoms with Gasteiger partial charge in [0.2, 0.25) is 15.9 Å². The molecule has 0 bridgehead atoms. The molecular weight excluding hydrogens is 395 g/mol. The molecule has 8 heteroatoms. The van der Waals surface area contributed by atoms with Crippen molar-refractivity contribution in [2.24, 2.45) is 0 Å². The fourth-order valence-electron chi connectivity index (χ4n) is 3.23. The molecule has 0 N–H and O–H groups in total. The van der Waals surface area contributed by atoms with Gasteiger partial charge < -0.3 is 9.64 Å². The maximum absolute atomic E-state index is 13.1. The van der Waals surface area contributed by atoms with Crippen molar-refractivity contribution in [2.45, 2.75) is 24.2 Å². The van der Waals surface area contributed by atoms with Gasteiger partial charge in [0.1, 0.15) is 11.6 Å². The molecule has 1 heterocycles. The van der Waals surface area contributed by atoms with Crippen LogP contribution in [0.2, 0.25) is 0 Å². The first-order valence-corrected chi connectivity index (χ1v) is 11.1. The zero-order valence-electron chi connectivity index (χ0n) is 16.2. The number of halogens is 1. The Hall–Kier alpha value is -2.45. The van der Waals surface area contributed by atoms with Crippen molar-refractivity contribution < 1.29 is 22.3 Å². The smallest absolute Gasteiger partial charge is 0.243 e. The second-order valence-corrected chi connectivity index (χ2v) is 8.80. The minimum atomic E-state index is -3.69. The lowest BCUT2D eigenvalue weighted by molar-refractivity contribution is -0.131. The van der Waals surface area contributed by atoms with Crippen molar-refractivity contribution in [1.82, 2.24) is 9.21 Å². The Bertz CT molecular complexity index is 904. The predicted molar refractivity (Wildman–Crippen MR) is 108 cm³/mol. The topological polar surface area (TPSA) is 66.9 Å². The van der Waals surface area contributed by atoms with Crippen LogP contribution in [-0.4, -0.2) is 56.3 Å². The minimum absolute atomic E-state index is 0.00249. The van der Waals surface area contributed by atoms with Crippen molar-refractivity contribution in [1.29, 1.82) is 0 Å². The molecule has 0 unspecified atom stereocenters. The number of benzene rings is 2. The lowest BCUT2D eigenvalue weighted by Gasteiger charge is -2.22. The van der Waals surface area contributed by atoms with Crippen LogP contribution in [0.1, 0.15) is 19.3 Å². The highest BCUT2D eigenvalue weighted by molar-refractivity contribution is 7.89. The van der Waals surface area contributed by atoms with Crippen LogP contribution in [0.4, 0.5) is 4.39 Å². The van der Waals surface area contributed by atoms with Crippen LogP contribution in [0.15, 0.2) is 59.5 Å². The fraction of sp³-hybridized carbons (Fsp3) is 0.381. The molecule has 1 aliphatic rings. The molecule has 0 radical (unpaired) electrons. The molecule has 1 saturated heterocycles. The Morgan fingerprint density at radius 1 is 0.966 bits per heavy atom. The maximum Gasteiger partial charge on any atom is 0.243 e. The molecule has 1 aliphatic heterocycles. The van der Waals surface area contributed by atoms with Crippen molar-refractivity contribution in [2.75, 3.05) is 32.8 Å². The molecule has 1 amide bonds. The van der Waals surface area contributed by atoms with Gasteiger partial charge in [0.15, 0.2) is 0 Å². The summed E-state index contributed by atoms with van der Waals surface area (Å²) < 4.78 is 45.6. The standard InChI is InChI=1S/C21H25FN2O4S/c22-18-9-11-20(12-10-18)29(26,27)24-14-5-13-23(15-16-24)21(25)8-4-17-28-19-6-2-1-3-7-19/h1-3,6-7,9-12H,4-5,8,13-17H2. The number of para-hydroxylation sites is 1. The zero-order chi connectivity index (χ0) is 20.7. The summed E-state index contributed by atoms with van der Waals surface area (Å²) >= 11 is 0. The Kier molecular flexibility index (Phi) is 7.22. The molecular formula is C21H25FN2O4S. The average Bonchev–Trinajstić information content (AvgIpc) is 2.99. The summed E-state index contributed by atoms with van der Waals surface area (Å²) in [5.41, 5.74) is 0. The van der Waals surface area contributed by atoms with Crippen LogP contribution in [0.3, 0.4) is 0 Å². The van der Waals surface area contributed by atoms with E-state index in [-0.39, 0.29) is 17.3 Å². The zero-order valence-corrected chi connectivity index (χ0v) is 17.0. The van der Waals surface area contributed by atoms with Crippen LogP contribution in [0.5, 0.6) is 5.75 Å². The van der Waals surface area contributed by atoms with Gasteiger partial charge in [-0.25, -0.2) is 12.8 Å². The van der Waals surface area contributed by atoms with Crippen LogP contribution in [0, 0.1) is 5.82 Å². The van der Waals surface area contributed by atoms with Gasteiger partial charge in [-0.05, 0) is 49.2 Å². The SMILES string of the molecule is O=C(CCCOc1ccccc1)N1CCCN(S(=O)(=O)c2ccc(F)cc2)CC1. The van der Waals surface area contributed by atoms with Crippen molar-refractivity contribution in [3.8, 4) is 5.75 Å². The second kappa shape index (κ2) is 9.84. The summed E-state index contributed by atoms with van der Waals surface area (Å²) in [6, 6.07) is 14.2. The van der Waals surface area contributed by atoms with E-state index in [1.54, 1.807) is 4.90 Å². The Balaban J connectivity index is 1.48. The fourth-order valence-corrected chi connectivity index (χ4v) is 4.70. The number of rotatable bonds is 7. The molecule has 156 valence electrons. The van der Waals surface area contributed by atoms with E-state index in [9.17, 15) is 17.6 Å². The van der Waals surface area contributed by atoms with Gasteiger partial charge in [-0.15, -0.1) is 0 Å². The lowest BCUT2D eigenvalue weighted by atomic mass is 10.2. The van der Waals surface area contributed by atoms with E-state index in [1.807, 2.05) is 30.3 Å². The van der Waals surface area contributed by atoms with Crippen LogP contribution >= 0.6 is 0 Å². The number of hydrogen-bond donors (Lipinski definition) is 0. The van der Waals surface area contributed by atoms with Gasteiger partial charge in [-0.2, -0.15) is 4.31 Å². The van der Waals surface area contributed by atoms with E-state index in [0.717, 1.165) is 17.9 Å². The summed E-state index contributed by atoms with van der Waals surface area (Å²) in [6.07, 6.45) is 1.52. The summed E-state index contributed by atoms with van der Waals surface area (Å²) in [7, 11) is -3.69. The van der Waals surface area contributed by atoms with Gasteiger partial charge in [-0.3, -0.25) is 4.79 Å². The summed E-state index contributed by atoms with van der Waals surface area (Å²) in [5.74, 6) is 0.298. The van der Waals surface area contributed by atoms with Crippen LogP contribution < -0.4 is 4.74 Å². The van der Waals surface area contributed by atoms with Gasteiger partial charge in [-0.1, -0.05) is 18.2 Å². The largest absolute Gasteiger partial charge is 0.494 e.